The molecule has 1 aliphatic heterocycles. The summed E-state index contributed by atoms with van der Waals surface area (Å²) in [6.45, 7) is 12.3. The number of rotatable bonds is 3. The van der Waals surface area contributed by atoms with Crippen LogP contribution in [0.4, 0.5) is 4.79 Å². The molecule has 1 fully saturated rings. The van der Waals surface area contributed by atoms with Crippen LogP contribution in [-0.4, -0.2) is 57.4 Å². The molecule has 1 amide bonds. The van der Waals surface area contributed by atoms with Crippen molar-refractivity contribution in [2.45, 2.75) is 64.2 Å². The Bertz CT molecular complexity index is 374. The Morgan fingerprint density at radius 3 is 2.50 bits per heavy atom. The number of carbonyl (C=O) groups excluding carboxylic acids is 1. The van der Waals surface area contributed by atoms with E-state index in [1.165, 1.54) is 11.0 Å². The molecule has 0 aromatic rings. The predicted octanol–water partition coefficient (Wildman–Crippen LogP) is 1.27. The summed E-state index contributed by atoms with van der Waals surface area (Å²) in [7, 11) is 0. The van der Waals surface area contributed by atoms with Crippen molar-refractivity contribution in [3.63, 3.8) is 0 Å². The van der Waals surface area contributed by atoms with E-state index in [9.17, 15) is 15.0 Å². The molecule has 0 aromatic carbocycles. The van der Waals surface area contributed by atoms with Gasteiger partial charge in [-0.1, -0.05) is 6.08 Å². The molecule has 1 aliphatic rings. The molecule has 0 aromatic heterocycles. The van der Waals surface area contributed by atoms with E-state index in [1.54, 1.807) is 34.6 Å². The van der Waals surface area contributed by atoms with E-state index in [2.05, 4.69) is 6.58 Å². The number of aliphatic hydroxyl groups excluding tert-OH is 2. The van der Waals surface area contributed by atoms with Crippen molar-refractivity contribution in [3.8, 4) is 0 Å². The summed E-state index contributed by atoms with van der Waals surface area (Å²) < 4.78 is 10.9. The fraction of sp³-hybridized carbons (Fsp3) is 0.786. The first kappa shape index (κ1) is 16.9. The van der Waals surface area contributed by atoms with Gasteiger partial charge in [0, 0.05) is 0 Å². The van der Waals surface area contributed by atoms with Crippen molar-refractivity contribution in [1.82, 2.24) is 4.90 Å². The third kappa shape index (κ3) is 3.71. The van der Waals surface area contributed by atoms with Gasteiger partial charge in [0.05, 0.1) is 18.8 Å². The molecule has 1 rings (SSSR count). The van der Waals surface area contributed by atoms with Crippen molar-refractivity contribution >= 4 is 6.09 Å². The quantitative estimate of drug-likeness (QED) is 0.764. The van der Waals surface area contributed by atoms with E-state index < -0.39 is 35.7 Å². The van der Waals surface area contributed by atoms with Gasteiger partial charge < -0.3 is 19.7 Å². The average molecular weight is 287 g/mol. The van der Waals surface area contributed by atoms with Crippen LogP contribution < -0.4 is 0 Å². The Hall–Kier alpha value is -1.11. The first-order valence-corrected chi connectivity index (χ1v) is 6.64. The monoisotopic (exact) mass is 287 g/mol. The lowest BCUT2D eigenvalue weighted by molar-refractivity contribution is -0.0731. The molecule has 1 heterocycles. The predicted molar refractivity (Wildman–Crippen MR) is 74.1 cm³/mol. The maximum atomic E-state index is 12.3. The molecular formula is C14H25NO5. The standard InChI is InChI=1S/C14H25NO5/c1-7-10(16)11(17)9-8-19-14(5,6)15(9)12(18)20-13(2,3)4/h7,9-11,16-17H,1,8H2,2-6H3/t9-,10+,11-/m0/s1. The second kappa shape index (κ2) is 5.71. The van der Waals surface area contributed by atoms with E-state index in [1.807, 2.05) is 0 Å². The number of nitrogens with zero attached hydrogens (tertiary/aromatic N) is 1. The maximum Gasteiger partial charge on any atom is 0.412 e. The highest BCUT2D eigenvalue weighted by Gasteiger charge is 2.49. The molecule has 0 spiro atoms. The fourth-order valence-corrected chi connectivity index (χ4v) is 2.12. The van der Waals surface area contributed by atoms with Gasteiger partial charge in [-0.15, -0.1) is 6.58 Å². The zero-order valence-corrected chi connectivity index (χ0v) is 12.8. The lowest BCUT2D eigenvalue weighted by Gasteiger charge is -2.37. The minimum absolute atomic E-state index is 0.123. The van der Waals surface area contributed by atoms with Crippen LogP contribution in [0, 0.1) is 0 Å². The number of amides is 1. The summed E-state index contributed by atoms with van der Waals surface area (Å²) in [5, 5.41) is 19.8. The Labute approximate surface area is 120 Å². The third-order valence-corrected chi connectivity index (χ3v) is 3.09. The molecular weight excluding hydrogens is 262 g/mol. The first-order chi connectivity index (χ1) is 8.99. The minimum atomic E-state index is -1.18. The van der Waals surface area contributed by atoms with Crippen LogP contribution >= 0.6 is 0 Å². The number of aliphatic hydroxyl groups is 2. The van der Waals surface area contributed by atoms with Gasteiger partial charge in [0.15, 0.2) is 0 Å². The van der Waals surface area contributed by atoms with E-state index >= 15 is 0 Å². The number of carbonyl (C=O) groups is 1. The summed E-state index contributed by atoms with van der Waals surface area (Å²) in [6.07, 6.45) is -1.67. The Balaban J connectivity index is 2.96. The van der Waals surface area contributed by atoms with Crippen molar-refractivity contribution < 1.29 is 24.5 Å². The van der Waals surface area contributed by atoms with Gasteiger partial charge in [0.1, 0.15) is 17.4 Å². The second-order valence-electron chi connectivity index (χ2n) is 6.39. The SMILES string of the molecule is C=C[C@@H](O)[C@@H](O)[C@@H]1COC(C)(C)N1C(=O)OC(C)(C)C. The van der Waals surface area contributed by atoms with Crippen LogP contribution in [0.5, 0.6) is 0 Å². The molecule has 0 saturated carbocycles. The van der Waals surface area contributed by atoms with Gasteiger partial charge in [0.25, 0.3) is 0 Å². The zero-order valence-electron chi connectivity index (χ0n) is 12.8. The van der Waals surface area contributed by atoms with Crippen molar-refractivity contribution in [2.75, 3.05) is 6.61 Å². The molecule has 20 heavy (non-hydrogen) atoms. The molecule has 116 valence electrons. The van der Waals surface area contributed by atoms with Gasteiger partial charge in [-0.25, -0.2) is 4.79 Å². The number of hydrogen-bond donors (Lipinski definition) is 2. The smallest absolute Gasteiger partial charge is 0.412 e. The number of hydrogen-bond acceptors (Lipinski definition) is 5. The average Bonchev–Trinajstić information content (AvgIpc) is 2.60. The first-order valence-electron chi connectivity index (χ1n) is 6.64. The van der Waals surface area contributed by atoms with Gasteiger partial charge >= 0.3 is 6.09 Å². The van der Waals surface area contributed by atoms with Crippen LogP contribution in [-0.2, 0) is 9.47 Å². The summed E-state index contributed by atoms with van der Waals surface area (Å²) in [6, 6.07) is -0.687. The molecule has 0 radical (unpaired) electrons. The molecule has 1 saturated heterocycles. The van der Waals surface area contributed by atoms with E-state index in [4.69, 9.17) is 9.47 Å². The van der Waals surface area contributed by atoms with Crippen LogP contribution in [0.2, 0.25) is 0 Å². The summed E-state index contributed by atoms with van der Waals surface area (Å²) in [5.41, 5.74) is -1.56. The van der Waals surface area contributed by atoms with Gasteiger partial charge in [-0.05, 0) is 34.6 Å². The summed E-state index contributed by atoms with van der Waals surface area (Å²) in [4.78, 5) is 13.6. The summed E-state index contributed by atoms with van der Waals surface area (Å²) >= 11 is 0. The lowest BCUT2D eigenvalue weighted by Crippen LogP contribution is -2.55. The zero-order chi connectivity index (χ0) is 15.7. The molecule has 0 unspecified atom stereocenters. The number of ether oxygens (including phenoxy) is 2. The highest BCUT2D eigenvalue weighted by atomic mass is 16.6. The summed E-state index contributed by atoms with van der Waals surface area (Å²) in [5.74, 6) is 0. The van der Waals surface area contributed by atoms with Crippen LogP contribution in [0.25, 0.3) is 0 Å². The van der Waals surface area contributed by atoms with Crippen molar-refractivity contribution in [1.29, 1.82) is 0 Å². The third-order valence-electron chi connectivity index (χ3n) is 3.09. The second-order valence-corrected chi connectivity index (χ2v) is 6.39. The van der Waals surface area contributed by atoms with Crippen LogP contribution in [0.3, 0.4) is 0 Å². The Kier molecular flexibility index (Phi) is 4.84. The van der Waals surface area contributed by atoms with Crippen molar-refractivity contribution in [3.05, 3.63) is 12.7 Å². The molecule has 2 N–H and O–H groups in total. The minimum Gasteiger partial charge on any atom is -0.444 e. The Morgan fingerprint density at radius 1 is 1.50 bits per heavy atom. The molecule has 0 aliphatic carbocycles. The molecule has 6 nitrogen and oxygen atoms in total. The normalized spacial score (nSPS) is 25.1. The van der Waals surface area contributed by atoms with E-state index in [0.29, 0.717) is 0 Å². The van der Waals surface area contributed by atoms with E-state index in [-0.39, 0.29) is 6.61 Å². The van der Waals surface area contributed by atoms with Gasteiger partial charge in [-0.2, -0.15) is 0 Å². The van der Waals surface area contributed by atoms with Gasteiger partial charge in [-0.3, -0.25) is 4.90 Å². The molecule has 3 atom stereocenters. The van der Waals surface area contributed by atoms with E-state index in [0.717, 1.165) is 0 Å². The Morgan fingerprint density at radius 2 is 2.05 bits per heavy atom. The lowest BCUT2D eigenvalue weighted by atomic mass is 10.0. The topological polar surface area (TPSA) is 79.2 Å². The molecule has 0 bridgehead atoms. The highest BCUT2D eigenvalue weighted by molar-refractivity contribution is 5.70. The highest BCUT2D eigenvalue weighted by Crippen LogP contribution is 2.31. The van der Waals surface area contributed by atoms with Gasteiger partial charge in [0.2, 0.25) is 0 Å². The van der Waals surface area contributed by atoms with Crippen molar-refractivity contribution in [2.24, 2.45) is 0 Å². The molecule has 6 heteroatoms. The van der Waals surface area contributed by atoms with Crippen LogP contribution in [0.1, 0.15) is 34.6 Å². The maximum absolute atomic E-state index is 12.3. The largest absolute Gasteiger partial charge is 0.444 e. The fourth-order valence-electron chi connectivity index (χ4n) is 2.12. The van der Waals surface area contributed by atoms with Crippen LogP contribution in [0.15, 0.2) is 12.7 Å².